The number of carbonyl (C=O) groups excluding carboxylic acids is 1. The first-order valence-electron chi connectivity index (χ1n) is 10.4. The molecule has 1 atom stereocenters. The average molecular weight is 469 g/mol. The second-order valence-corrected chi connectivity index (χ2v) is 8.37. The Bertz CT molecular complexity index is 1430. The van der Waals surface area contributed by atoms with E-state index in [1.807, 2.05) is 13.0 Å². The van der Waals surface area contributed by atoms with Gasteiger partial charge in [-0.05, 0) is 51.1 Å². The maximum atomic E-state index is 13.6. The molecule has 1 aliphatic rings. The zero-order valence-corrected chi connectivity index (χ0v) is 19.8. The number of hydrogen-bond acceptors (Lipinski definition) is 8. The summed E-state index contributed by atoms with van der Waals surface area (Å²) in [6.45, 7) is 5.50. The van der Waals surface area contributed by atoms with Crippen LogP contribution in [-0.4, -0.2) is 31.4 Å². The molecule has 1 unspecified atom stereocenters. The van der Waals surface area contributed by atoms with E-state index in [1.165, 1.54) is 23.0 Å². The summed E-state index contributed by atoms with van der Waals surface area (Å²) < 4.78 is 23.9. The number of allylic oxidation sites excluding steroid dienone is 1. The number of benzene rings is 1. The van der Waals surface area contributed by atoms with Gasteiger partial charge < -0.3 is 18.6 Å². The number of hydrogen-bond donors (Lipinski definition) is 0. The van der Waals surface area contributed by atoms with Crippen LogP contribution in [0.1, 0.15) is 37.0 Å². The second kappa shape index (κ2) is 9.11. The van der Waals surface area contributed by atoms with E-state index in [-0.39, 0.29) is 17.7 Å². The number of thiazole rings is 1. The molecule has 3 aromatic rings. The maximum absolute atomic E-state index is 13.6. The lowest BCUT2D eigenvalue weighted by atomic mass is 9.95. The number of fused-ring (bicyclic) bond motifs is 1. The van der Waals surface area contributed by atoms with Crippen molar-refractivity contribution in [3.05, 3.63) is 78.4 Å². The van der Waals surface area contributed by atoms with Crippen molar-refractivity contribution < 1.29 is 23.4 Å². The third kappa shape index (κ3) is 4.11. The molecule has 33 heavy (non-hydrogen) atoms. The molecule has 0 fully saturated rings. The van der Waals surface area contributed by atoms with Crippen LogP contribution in [0.5, 0.6) is 11.5 Å². The summed E-state index contributed by atoms with van der Waals surface area (Å²) in [6, 6.07) is 8.08. The van der Waals surface area contributed by atoms with E-state index in [2.05, 4.69) is 4.99 Å². The van der Waals surface area contributed by atoms with Gasteiger partial charge in [0.1, 0.15) is 29.1 Å². The Morgan fingerprint density at radius 2 is 2.00 bits per heavy atom. The molecule has 0 bridgehead atoms. The Hall–Kier alpha value is -3.59. The predicted molar refractivity (Wildman–Crippen MR) is 123 cm³/mol. The van der Waals surface area contributed by atoms with Gasteiger partial charge in [0.05, 0.1) is 36.6 Å². The van der Waals surface area contributed by atoms with Gasteiger partial charge in [0, 0.05) is 11.6 Å². The van der Waals surface area contributed by atoms with Gasteiger partial charge in [-0.2, -0.15) is 0 Å². The number of furan rings is 1. The normalized spacial score (nSPS) is 15.8. The fourth-order valence-corrected chi connectivity index (χ4v) is 4.83. The summed E-state index contributed by atoms with van der Waals surface area (Å²) in [7, 11) is 3.09. The van der Waals surface area contributed by atoms with Crippen LogP contribution < -0.4 is 24.4 Å². The lowest BCUT2D eigenvalue weighted by Gasteiger charge is -2.26. The smallest absolute Gasteiger partial charge is 0.338 e. The number of carbonyl (C=O) groups is 1. The van der Waals surface area contributed by atoms with Crippen LogP contribution in [-0.2, 0) is 9.53 Å². The molecule has 172 valence electrons. The molecule has 0 amide bonds. The number of esters is 1. The zero-order chi connectivity index (χ0) is 23.7. The van der Waals surface area contributed by atoms with E-state index in [0.29, 0.717) is 37.9 Å². The first kappa shape index (κ1) is 22.6. The first-order chi connectivity index (χ1) is 15.9. The first-order valence-corrected chi connectivity index (χ1v) is 11.2. The van der Waals surface area contributed by atoms with E-state index in [1.54, 1.807) is 51.3 Å². The molecule has 4 rings (SSSR count). The van der Waals surface area contributed by atoms with Crippen LogP contribution in [0.15, 0.2) is 55.8 Å². The fraction of sp³-hybridized carbons (Fsp3) is 0.292. The summed E-state index contributed by atoms with van der Waals surface area (Å²) >= 11 is 1.23. The molecule has 1 aliphatic heterocycles. The van der Waals surface area contributed by atoms with Crippen LogP contribution in [0, 0.1) is 6.92 Å². The molecule has 1 aromatic carbocycles. The highest BCUT2D eigenvalue weighted by Crippen LogP contribution is 2.37. The highest BCUT2D eigenvalue weighted by Gasteiger charge is 2.35. The summed E-state index contributed by atoms with van der Waals surface area (Å²) in [6.07, 6.45) is 1.68. The SMILES string of the molecule is CCOC(=O)C1=C(C)N=c2s/c(=C/c3ccc(C)o3)c(=O)n2C1c1cc(OC)ccc1OC. The maximum Gasteiger partial charge on any atom is 0.338 e. The van der Waals surface area contributed by atoms with Crippen LogP contribution >= 0.6 is 11.3 Å². The van der Waals surface area contributed by atoms with Crippen LogP contribution in [0.4, 0.5) is 0 Å². The summed E-state index contributed by atoms with van der Waals surface area (Å²) in [5, 5.41) is 0. The second-order valence-electron chi connectivity index (χ2n) is 7.36. The van der Waals surface area contributed by atoms with Crippen molar-refractivity contribution in [2.24, 2.45) is 4.99 Å². The molecular weight excluding hydrogens is 444 g/mol. The van der Waals surface area contributed by atoms with Gasteiger partial charge in [-0.15, -0.1) is 0 Å². The van der Waals surface area contributed by atoms with Gasteiger partial charge in [-0.25, -0.2) is 9.79 Å². The van der Waals surface area contributed by atoms with Crippen LogP contribution in [0.3, 0.4) is 0 Å². The Balaban J connectivity index is 2.02. The van der Waals surface area contributed by atoms with Crippen molar-refractivity contribution in [1.29, 1.82) is 0 Å². The van der Waals surface area contributed by atoms with Crippen LogP contribution in [0.25, 0.3) is 6.08 Å². The van der Waals surface area contributed by atoms with Gasteiger partial charge in [0.2, 0.25) is 0 Å². The number of rotatable bonds is 6. The molecule has 0 radical (unpaired) electrons. The van der Waals surface area contributed by atoms with Gasteiger partial charge in [-0.1, -0.05) is 11.3 Å². The lowest BCUT2D eigenvalue weighted by Crippen LogP contribution is -2.40. The Labute approximate surface area is 194 Å². The molecule has 0 saturated carbocycles. The highest BCUT2D eigenvalue weighted by atomic mass is 32.1. The van der Waals surface area contributed by atoms with Gasteiger partial charge in [0.15, 0.2) is 4.80 Å². The van der Waals surface area contributed by atoms with E-state index in [4.69, 9.17) is 18.6 Å². The molecule has 3 heterocycles. The molecule has 0 spiro atoms. The number of nitrogens with zero attached hydrogens (tertiary/aromatic N) is 2. The Kier molecular flexibility index (Phi) is 6.24. The Morgan fingerprint density at radius 1 is 1.21 bits per heavy atom. The summed E-state index contributed by atoms with van der Waals surface area (Å²) in [5.41, 5.74) is 1.05. The highest BCUT2D eigenvalue weighted by molar-refractivity contribution is 7.07. The largest absolute Gasteiger partial charge is 0.497 e. The molecule has 0 N–H and O–H groups in total. The Morgan fingerprint density at radius 3 is 2.64 bits per heavy atom. The minimum Gasteiger partial charge on any atom is -0.497 e. The topological polar surface area (TPSA) is 92.3 Å². The van der Waals surface area contributed by atoms with Crippen molar-refractivity contribution in [3.63, 3.8) is 0 Å². The quantitative estimate of drug-likeness (QED) is 0.517. The monoisotopic (exact) mass is 468 g/mol. The van der Waals surface area contributed by atoms with Crippen molar-refractivity contribution in [3.8, 4) is 11.5 Å². The standard InChI is InChI=1S/C24H24N2O6S/c1-6-31-23(28)20-14(3)25-24-26(21(20)17-11-15(29-4)9-10-18(17)30-5)22(27)19(33-24)12-16-8-7-13(2)32-16/h7-12,21H,6H2,1-5H3/b19-12+. The predicted octanol–water partition coefficient (Wildman–Crippen LogP) is 2.72. The fourth-order valence-electron chi connectivity index (χ4n) is 3.80. The third-order valence-corrected chi connectivity index (χ3v) is 6.27. The molecule has 8 nitrogen and oxygen atoms in total. The van der Waals surface area contributed by atoms with Crippen molar-refractivity contribution in [2.45, 2.75) is 26.8 Å². The number of aryl methyl sites for hydroxylation is 1. The average Bonchev–Trinajstić information content (AvgIpc) is 3.34. The molecule has 2 aromatic heterocycles. The minimum absolute atomic E-state index is 0.194. The van der Waals surface area contributed by atoms with Gasteiger partial charge >= 0.3 is 5.97 Å². The molecule has 0 saturated heterocycles. The van der Waals surface area contributed by atoms with E-state index < -0.39 is 12.0 Å². The van der Waals surface area contributed by atoms with Crippen molar-refractivity contribution in [1.82, 2.24) is 4.57 Å². The molecular formula is C24H24N2O6S. The summed E-state index contributed by atoms with van der Waals surface area (Å²) in [4.78, 5) is 31.6. The van der Waals surface area contributed by atoms with E-state index in [9.17, 15) is 9.59 Å². The lowest BCUT2D eigenvalue weighted by molar-refractivity contribution is -0.139. The van der Waals surface area contributed by atoms with Crippen molar-refractivity contribution >= 4 is 23.4 Å². The van der Waals surface area contributed by atoms with E-state index >= 15 is 0 Å². The van der Waals surface area contributed by atoms with Crippen molar-refractivity contribution in [2.75, 3.05) is 20.8 Å². The third-order valence-electron chi connectivity index (χ3n) is 5.28. The number of methoxy groups -OCH3 is 2. The molecule has 0 aliphatic carbocycles. The zero-order valence-electron chi connectivity index (χ0n) is 19.0. The van der Waals surface area contributed by atoms with Crippen LogP contribution in [0.2, 0.25) is 0 Å². The minimum atomic E-state index is -0.800. The summed E-state index contributed by atoms with van der Waals surface area (Å²) in [5.74, 6) is 1.85. The number of aromatic nitrogens is 1. The molecule has 9 heteroatoms. The number of ether oxygens (including phenoxy) is 3. The van der Waals surface area contributed by atoms with Gasteiger partial charge in [-0.3, -0.25) is 9.36 Å². The van der Waals surface area contributed by atoms with Gasteiger partial charge in [0.25, 0.3) is 5.56 Å². The van der Waals surface area contributed by atoms with E-state index in [0.717, 1.165) is 5.76 Å².